The summed E-state index contributed by atoms with van der Waals surface area (Å²) in [6, 6.07) is 10.8. The second-order valence-corrected chi connectivity index (χ2v) is 7.52. The highest BCUT2D eigenvalue weighted by Crippen LogP contribution is 2.37. The number of benzene rings is 2. The van der Waals surface area contributed by atoms with Crippen LogP contribution in [0.2, 0.25) is 5.02 Å². The van der Waals surface area contributed by atoms with Gasteiger partial charge >= 0.3 is 10.6 Å². The van der Waals surface area contributed by atoms with Crippen molar-refractivity contribution in [2.45, 2.75) is 6.67 Å². The number of ether oxygens (including phenoxy) is 2. The molecule has 2 aromatic carbocycles. The van der Waals surface area contributed by atoms with Crippen LogP contribution in [0.1, 0.15) is 11.5 Å². The molecule has 0 N–H and O–H groups in total. The van der Waals surface area contributed by atoms with Crippen molar-refractivity contribution in [3.05, 3.63) is 73.1 Å². The molecule has 4 aromatic rings. The van der Waals surface area contributed by atoms with E-state index in [9.17, 15) is 9.59 Å². The smallest absolute Gasteiger partial charge is 0.439 e. The molecule has 0 aliphatic heterocycles. The molecule has 2 heterocycles. The molecule has 0 spiro atoms. The Balaban J connectivity index is 1.63. The van der Waals surface area contributed by atoms with Crippen molar-refractivity contribution in [1.82, 2.24) is 14.3 Å². The van der Waals surface area contributed by atoms with Gasteiger partial charge in [-0.3, -0.25) is 9.36 Å². The molecule has 4 rings (SSSR count). The average Bonchev–Trinajstić information content (AvgIpc) is 3.26. The van der Waals surface area contributed by atoms with Gasteiger partial charge in [0.15, 0.2) is 11.5 Å². The van der Waals surface area contributed by atoms with Gasteiger partial charge in [-0.05, 0) is 35.9 Å². The molecule has 2 aromatic heterocycles. The number of hydrogen-bond acceptors (Lipinski definition) is 7. The lowest BCUT2D eigenvalue weighted by Gasteiger charge is -2.10. The number of fused-ring (bicyclic) bond motifs is 1. The summed E-state index contributed by atoms with van der Waals surface area (Å²) >= 11 is 7.46. The van der Waals surface area contributed by atoms with E-state index in [1.165, 1.54) is 24.9 Å². The zero-order chi connectivity index (χ0) is 21.3. The topological polar surface area (TPSA) is 88.5 Å². The number of nitrogens with zero attached hydrogens (tertiary/aromatic N) is 3. The third kappa shape index (κ3) is 3.64. The molecular weight excluding hydrogens is 430 g/mol. The zero-order valence-corrected chi connectivity index (χ0v) is 17.6. The maximum Gasteiger partial charge on any atom is 0.439 e. The predicted octanol–water partition coefficient (Wildman–Crippen LogP) is 3.56. The first kappa shape index (κ1) is 20.0. The van der Waals surface area contributed by atoms with Gasteiger partial charge in [0.2, 0.25) is 5.89 Å². The minimum absolute atomic E-state index is 0.0455. The fraction of sp³-hybridized carbons (Fsp3) is 0.150. The molecule has 30 heavy (non-hydrogen) atoms. The molecule has 0 saturated carbocycles. The van der Waals surface area contributed by atoms with Crippen LogP contribution in [0.15, 0.2) is 50.4 Å². The second kappa shape index (κ2) is 8.21. The Bertz CT molecular complexity index is 1370. The third-order valence-corrected chi connectivity index (χ3v) is 5.74. The first-order chi connectivity index (χ1) is 14.5. The minimum Gasteiger partial charge on any atom is -0.493 e. The van der Waals surface area contributed by atoms with Crippen LogP contribution in [0.3, 0.4) is 0 Å². The number of halogens is 1. The van der Waals surface area contributed by atoms with Gasteiger partial charge in [0, 0.05) is 6.08 Å². The molecule has 0 amide bonds. The summed E-state index contributed by atoms with van der Waals surface area (Å²) in [6.45, 7) is -0.0455. The van der Waals surface area contributed by atoms with E-state index in [1.54, 1.807) is 18.2 Å². The third-order valence-electron chi connectivity index (χ3n) is 4.39. The Labute approximate surface area is 179 Å². The standard InChI is InChI=1S/C20H16ClN3O5S/c1-27-14-9-7-12(17(21)18(14)28-2)8-10-16-22-24(19(25)29-16)11-23-13-5-3-4-6-15(13)30-20(23)26/h3-10H,11H2,1-2H3/b10-8+. The SMILES string of the molecule is COc1ccc(/C=C/c2nn(Cn3c(=O)sc4ccccc43)c(=O)o2)c(Cl)c1OC. The van der Waals surface area contributed by atoms with E-state index < -0.39 is 5.76 Å². The Morgan fingerprint density at radius 1 is 1.13 bits per heavy atom. The van der Waals surface area contributed by atoms with Crippen LogP contribution in [0, 0.1) is 0 Å². The molecule has 0 radical (unpaired) electrons. The van der Waals surface area contributed by atoms with Gasteiger partial charge in [-0.15, -0.1) is 5.10 Å². The molecule has 0 unspecified atom stereocenters. The maximum absolute atomic E-state index is 12.3. The van der Waals surface area contributed by atoms with Gasteiger partial charge in [-0.1, -0.05) is 35.1 Å². The summed E-state index contributed by atoms with van der Waals surface area (Å²) in [5.74, 6) is 0.314. The fourth-order valence-electron chi connectivity index (χ4n) is 2.96. The van der Waals surface area contributed by atoms with Crippen LogP contribution in [0.4, 0.5) is 0 Å². The molecule has 0 bridgehead atoms. The molecule has 0 atom stereocenters. The first-order valence-corrected chi connectivity index (χ1v) is 9.96. The van der Waals surface area contributed by atoms with E-state index in [0.29, 0.717) is 22.1 Å². The number of hydrogen-bond donors (Lipinski definition) is 0. The van der Waals surface area contributed by atoms with Crippen LogP contribution in [-0.4, -0.2) is 28.6 Å². The fourth-order valence-corrected chi connectivity index (χ4v) is 4.14. The van der Waals surface area contributed by atoms with Crippen molar-refractivity contribution in [3.63, 3.8) is 0 Å². The quantitative estimate of drug-likeness (QED) is 0.451. The summed E-state index contributed by atoms with van der Waals surface area (Å²) in [5, 5.41) is 4.50. The molecule has 0 fully saturated rings. The monoisotopic (exact) mass is 445 g/mol. The van der Waals surface area contributed by atoms with Gasteiger partial charge in [-0.2, -0.15) is 4.68 Å². The van der Waals surface area contributed by atoms with E-state index in [0.717, 1.165) is 26.2 Å². The number of para-hydroxylation sites is 1. The van der Waals surface area contributed by atoms with E-state index in [4.69, 9.17) is 25.5 Å². The van der Waals surface area contributed by atoms with Gasteiger partial charge in [-0.25, -0.2) is 4.79 Å². The maximum atomic E-state index is 12.3. The predicted molar refractivity (Wildman–Crippen MR) is 116 cm³/mol. The van der Waals surface area contributed by atoms with E-state index in [2.05, 4.69) is 5.10 Å². The van der Waals surface area contributed by atoms with E-state index >= 15 is 0 Å². The van der Waals surface area contributed by atoms with Crippen LogP contribution >= 0.6 is 22.9 Å². The molecule has 10 heteroatoms. The number of thiazole rings is 1. The van der Waals surface area contributed by atoms with Crippen molar-refractivity contribution in [3.8, 4) is 11.5 Å². The molecule has 0 saturated heterocycles. The van der Waals surface area contributed by atoms with Gasteiger partial charge in [0.05, 0.1) is 29.5 Å². The van der Waals surface area contributed by atoms with Crippen LogP contribution in [0.25, 0.3) is 22.4 Å². The molecule has 8 nitrogen and oxygen atoms in total. The molecule has 154 valence electrons. The van der Waals surface area contributed by atoms with E-state index in [1.807, 2.05) is 24.3 Å². The Morgan fingerprint density at radius 2 is 1.93 bits per heavy atom. The lowest BCUT2D eigenvalue weighted by Crippen LogP contribution is -2.25. The molecule has 0 aliphatic carbocycles. The van der Waals surface area contributed by atoms with Crippen molar-refractivity contribution in [2.75, 3.05) is 14.2 Å². The zero-order valence-electron chi connectivity index (χ0n) is 16.0. The lowest BCUT2D eigenvalue weighted by molar-refractivity contribution is 0.355. The van der Waals surface area contributed by atoms with Crippen molar-refractivity contribution >= 4 is 45.3 Å². The highest BCUT2D eigenvalue weighted by atomic mass is 35.5. The Hall–Kier alpha value is -3.30. The summed E-state index contributed by atoms with van der Waals surface area (Å²) in [6.07, 6.45) is 3.16. The summed E-state index contributed by atoms with van der Waals surface area (Å²) in [5.41, 5.74) is 1.36. The Kier molecular flexibility index (Phi) is 5.47. The number of aromatic nitrogens is 3. The van der Waals surface area contributed by atoms with E-state index in [-0.39, 0.29) is 17.4 Å². The van der Waals surface area contributed by atoms with Crippen molar-refractivity contribution < 1.29 is 13.9 Å². The summed E-state index contributed by atoms with van der Waals surface area (Å²) in [7, 11) is 3.01. The number of rotatable bonds is 6. The van der Waals surface area contributed by atoms with Crippen LogP contribution < -0.4 is 20.1 Å². The van der Waals surface area contributed by atoms with Crippen molar-refractivity contribution in [2.24, 2.45) is 0 Å². The van der Waals surface area contributed by atoms with Gasteiger partial charge < -0.3 is 13.9 Å². The largest absolute Gasteiger partial charge is 0.493 e. The first-order valence-electron chi connectivity index (χ1n) is 8.76. The molecule has 0 aliphatic rings. The lowest BCUT2D eigenvalue weighted by atomic mass is 10.2. The van der Waals surface area contributed by atoms with Gasteiger partial charge in [0.1, 0.15) is 6.67 Å². The molecular formula is C20H16ClN3O5S. The Morgan fingerprint density at radius 3 is 2.70 bits per heavy atom. The highest BCUT2D eigenvalue weighted by molar-refractivity contribution is 7.16. The van der Waals surface area contributed by atoms with Gasteiger partial charge in [0.25, 0.3) is 0 Å². The minimum atomic E-state index is -0.671. The summed E-state index contributed by atoms with van der Waals surface area (Å²) < 4.78 is 19.1. The average molecular weight is 446 g/mol. The van der Waals surface area contributed by atoms with Crippen LogP contribution in [-0.2, 0) is 6.67 Å². The summed E-state index contributed by atoms with van der Waals surface area (Å²) in [4.78, 5) is 24.3. The van der Waals surface area contributed by atoms with Crippen molar-refractivity contribution in [1.29, 1.82) is 0 Å². The normalized spacial score (nSPS) is 11.4. The highest BCUT2D eigenvalue weighted by Gasteiger charge is 2.13. The van der Waals surface area contributed by atoms with Crippen LogP contribution in [0.5, 0.6) is 11.5 Å². The second-order valence-electron chi connectivity index (χ2n) is 6.15. The number of methoxy groups -OCH3 is 2.